The Morgan fingerprint density at radius 1 is 0.578 bits per heavy atom. The van der Waals surface area contributed by atoms with Crippen molar-refractivity contribution in [2.45, 2.75) is 89.1 Å². The molecule has 0 saturated carbocycles. The molecule has 8 nitrogen and oxygen atoms in total. The molecule has 2 N–H and O–H groups in total. The van der Waals surface area contributed by atoms with Gasteiger partial charge in [0.1, 0.15) is 31.0 Å². The van der Waals surface area contributed by atoms with Crippen LogP contribution in [0.5, 0.6) is 0 Å². The van der Waals surface area contributed by atoms with Gasteiger partial charge in [0.2, 0.25) is 0 Å². The molecule has 0 radical (unpaired) electrons. The number of carbonyl (C=O) groups is 1. The smallest absolute Gasteiger partial charge is 0.307 e. The zero-order valence-corrected chi connectivity index (χ0v) is 38.3. The van der Waals surface area contributed by atoms with Gasteiger partial charge in [-0.2, -0.15) is 0 Å². The number of benzene rings is 6. The lowest BCUT2D eigenvalue weighted by Gasteiger charge is -2.44. The van der Waals surface area contributed by atoms with Crippen LogP contribution < -0.4 is 15.7 Å². The molecule has 0 bridgehead atoms. The molecule has 0 saturated heterocycles. The standard InChI is InChI=1S/C55H63NO7Si/c1-5-36-56-49(37-51(58)59-38-43-24-12-6-13-25-43)52(60-39-44-26-14-7-15-27-44)54(62-41-46-30-18-9-19-31-46)53(61-40-45-28-16-8-17-29-45)50(57)42-63-64(55(2,3)4,47-32-20-10-21-33-47)48-34-22-11-23-35-48/h5-35,49-50,52-54,56-57H,1,36-42H2,2-4H3/t49-,50+,52-,53+,54+/m0/s1. The van der Waals surface area contributed by atoms with Crippen LogP contribution in [0.1, 0.15) is 49.4 Å². The normalized spacial score (nSPS) is 14.2. The van der Waals surface area contributed by atoms with E-state index >= 15 is 0 Å². The molecule has 0 spiro atoms. The summed E-state index contributed by atoms with van der Waals surface area (Å²) in [6.07, 6.45) is -2.38. The van der Waals surface area contributed by atoms with Crippen molar-refractivity contribution in [3.63, 3.8) is 0 Å². The molecule has 0 amide bonds. The fraction of sp³-hybridized carbons (Fsp3) is 0.291. The van der Waals surface area contributed by atoms with E-state index in [4.69, 9.17) is 23.4 Å². The Morgan fingerprint density at radius 3 is 1.36 bits per heavy atom. The lowest BCUT2D eigenvalue weighted by molar-refractivity contribution is -0.191. The highest BCUT2D eigenvalue weighted by Crippen LogP contribution is 2.37. The third-order valence-corrected chi connectivity index (χ3v) is 16.3. The van der Waals surface area contributed by atoms with Crippen molar-refractivity contribution in [3.8, 4) is 0 Å². The highest BCUT2D eigenvalue weighted by atomic mass is 28.4. The second-order valence-corrected chi connectivity index (χ2v) is 21.3. The van der Waals surface area contributed by atoms with Crippen molar-refractivity contribution in [1.82, 2.24) is 5.32 Å². The largest absolute Gasteiger partial charge is 0.461 e. The van der Waals surface area contributed by atoms with Gasteiger partial charge in [0.05, 0.1) is 32.8 Å². The first-order valence-electron chi connectivity index (χ1n) is 22.1. The van der Waals surface area contributed by atoms with Gasteiger partial charge in [0.15, 0.2) is 0 Å². The molecule has 5 atom stereocenters. The van der Waals surface area contributed by atoms with Crippen molar-refractivity contribution < 1.29 is 33.3 Å². The number of rotatable bonds is 25. The second-order valence-electron chi connectivity index (χ2n) is 17.0. The van der Waals surface area contributed by atoms with E-state index in [0.29, 0.717) is 6.54 Å². The molecule has 0 heterocycles. The van der Waals surface area contributed by atoms with E-state index in [2.05, 4.69) is 56.9 Å². The summed E-state index contributed by atoms with van der Waals surface area (Å²) in [5, 5.41) is 18.2. The maximum atomic E-state index is 13.9. The van der Waals surface area contributed by atoms with Gasteiger partial charge in [-0.1, -0.05) is 209 Å². The average molecular weight is 878 g/mol. The highest BCUT2D eigenvalue weighted by Gasteiger charge is 2.51. The van der Waals surface area contributed by atoms with Crippen molar-refractivity contribution in [3.05, 3.63) is 217 Å². The minimum atomic E-state index is -3.11. The summed E-state index contributed by atoms with van der Waals surface area (Å²) in [6.45, 7) is 11.6. The minimum absolute atomic E-state index is 0.0641. The van der Waals surface area contributed by atoms with Gasteiger partial charge < -0.3 is 33.8 Å². The number of esters is 1. The zero-order chi connectivity index (χ0) is 45.0. The lowest BCUT2D eigenvalue weighted by Crippen LogP contribution is -2.67. The molecule has 6 aromatic rings. The molecule has 6 rings (SSSR count). The van der Waals surface area contributed by atoms with E-state index in [9.17, 15) is 9.90 Å². The second kappa shape index (κ2) is 24.5. The van der Waals surface area contributed by atoms with Gasteiger partial charge >= 0.3 is 5.97 Å². The van der Waals surface area contributed by atoms with Gasteiger partial charge in [0.25, 0.3) is 8.32 Å². The van der Waals surface area contributed by atoms with Gasteiger partial charge in [-0.25, -0.2) is 0 Å². The van der Waals surface area contributed by atoms with Gasteiger partial charge in [-0.15, -0.1) is 6.58 Å². The summed E-state index contributed by atoms with van der Waals surface area (Å²) in [4.78, 5) is 13.9. The quantitative estimate of drug-likeness (QED) is 0.0335. The number of aliphatic hydroxyl groups is 1. The molecular formula is C55H63NO7Si. The molecule has 334 valence electrons. The fourth-order valence-corrected chi connectivity index (χ4v) is 12.7. The third kappa shape index (κ3) is 13.5. The van der Waals surface area contributed by atoms with E-state index in [1.807, 2.05) is 158 Å². The van der Waals surface area contributed by atoms with Crippen molar-refractivity contribution in [2.24, 2.45) is 0 Å². The topological polar surface area (TPSA) is 95.5 Å². The minimum Gasteiger partial charge on any atom is -0.461 e. The predicted octanol–water partition coefficient (Wildman–Crippen LogP) is 8.96. The summed E-state index contributed by atoms with van der Waals surface area (Å²) in [5.41, 5.74) is 3.65. The summed E-state index contributed by atoms with van der Waals surface area (Å²) in [7, 11) is -3.11. The summed E-state index contributed by atoms with van der Waals surface area (Å²) >= 11 is 0. The van der Waals surface area contributed by atoms with Crippen LogP contribution in [-0.2, 0) is 54.6 Å². The molecular weight excluding hydrogens is 815 g/mol. The molecule has 0 aliphatic rings. The fourth-order valence-electron chi connectivity index (χ4n) is 8.12. The summed E-state index contributed by atoms with van der Waals surface area (Å²) in [6, 6.07) is 59.2. The number of nitrogens with one attached hydrogen (secondary N) is 1. The van der Waals surface area contributed by atoms with E-state index < -0.39 is 44.7 Å². The Kier molecular flexibility index (Phi) is 18.4. The van der Waals surface area contributed by atoms with Crippen LogP contribution in [0.25, 0.3) is 0 Å². The first kappa shape index (κ1) is 48.0. The number of hydrogen-bond donors (Lipinski definition) is 2. The summed E-state index contributed by atoms with van der Waals surface area (Å²) < 4.78 is 34.1. The zero-order valence-electron chi connectivity index (χ0n) is 37.3. The summed E-state index contributed by atoms with van der Waals surface area (Å²) in [5.74, 6) is -0.419. The van der Waals surface area contributed by atoms with Crippen LogP contribution in [0, 0.1) is 0 Å². The monoisotopic (exact) mass is 877 g/mol. The maximum absolute atomic E-state index is 13.9. The maximum Gasteiger partial charge on any atom is 0.307 e. The van der Waals surface area contributed by atoms with E-state index in [0.717, 1.165) is 32.6 Å². The van der Waals surface area contributed by atoms with Crippen LogP contribution in [0.15, 0.2) is 195 Å². The Morgan fingerprint density at radius 2 is 0.953 bits per heavy atom. The lowest BCUT2D eigenvalue weighted by atomic mass is 9.94. The predicted molar refractivity (Wildman–Crippen MR) is 257 cm³/mol. The molecule has 0 aliphatic heterocycles. The molecule has 0 unspecified atom stereocenters. The first-order chi connectivity index (χ1) is 31.2. The van der Waals surface area contributed by atoms with Crippen LogP contribution in [-0.4, -0.2) is 63.0 Å². The van der Waals surface area contributed by atoms with Crippen LogP contribution in [0.2, 0.25) is 5.04 Å². The molecule has 9 heteroatoms. The number of carbonyl (C=O) groups excluding carboxylic acids is 1. The Hall–Kier alpha value is -5.49. The molecule has 0 aromatic heterocycles. The van der Waals surface area contributed by atoms with Crippen LogP contribution >= 0.6 is 0 Å². The Labute approximate surface area is 381 Å². The van der Waals surface area contributed by atoms with Gasteiger partial charge in [-0.05, 0) is 37.7 Å². The van der Waals surface area contributed by atoms with Crippen molar-refractivity contribution in [2.75, 3.05) is 13.2 Å². The number of hydrogen-bond acceptors (Lipinski definition) is 8. The molecule has 6 aromatic carbocycles. The number of ether oxygens (including phenoxy) is 4. The Bertz CT molecular complexity index is 2190. The van der Waals surface area contributed by atoms with Crippen LogP contribution in [0.3, 0.4) is 0 Å². The molecule has 0 fully saturated rings. The van der Waals surface area contributed by atoms with E-state index in [1.54, 1.807) is 6.08 Å². The Balaban J connectivity index is 1.43. The van der Waals surface area contributed by atoms with Gasteiger partial charge in [-0.3, -0.25) is 4.79 Å². The highest BCUT2D eigenvalue weighted by molar-refractivity contribution is 6.99. The first-order valence-corrected chi connectivity index (χ1v) is 24.0. The molecule has 0 aliphatic carbocycles. The van der Waals surface area contributed by atoms with Crippen LogP contribution in [0.4, 0.5) is 0 Å². The average Bonchev–Trinajstić information content (AvgIpc) is 3.33. The van der Waals surface area contributed by atoms with E-state index in [1.165, 1.54) is 0 Å². The number of aliphatic hydroxyl groups excluding tert-OH is 1. The van der Waals surface area contributed by atoms with Gasteiger partial charge in [0, 0.05) is 12.6 Å². The molecule has 64 heavy (non-hydrogen) atoms. The van der Waals surface area contributed by atoms with E-state index in [-0.39, 0.29) is 44.5 Å². The van der Waals surface area contributed by atoms with Crippen molar-refractivity contribution in [1.29, 1.82) is 0 Å². The van der Waals surface area contributed by atoms with Crippen molar-refractivity contribution >= 4 is 24.7 Å². The third-order valence-electron chi connectivity index (χ3n) is 11.3. The SMILES string of the molecule is C=CCN[C@@H](CC(=O)OCc1ccccc1)[C@H](OCc1ccccc1)[C@@H](OCc1ccccc1)[C@H](OCc1ccccc1)[C@H](O)CO[Si](c1ccccc1)(c1ccccc1)C(C)(C)C.